The van der Waals surface area contributed by atoms with E-state index >= 15 is 0 Å². The zero-order valence-corrected chi connectivity index (χ0v) is 22.9. The van der Waals surface area contributed by atoms with Crippen LogP contribution in [-0.2, 0) is 22.4 Å². The Kier molecular flexibility index (Phi) is 6.81. The van der Waals surface area contributed by atoms with Gasteiger partial charge in [-0.05, 0) is 87.5 Å². The largest absolute Gasteiger partial charge is 0.512 e. The summed E-state index contributed by atoms with van der Waals surface area (Å²) in [5, 5.41) is 26.3. The molecule has 0 amide bonds. The molecule has 1 aromatic carbocycles. The maximum atomic E-state index is 13.5. The first-order valence-corrected chi connectivity index (χ1v) is 14.5. The number of fused-ring (bicyclic) bond motifs is 1. The lowest BCUT2D eigenvalue weighted by molar-refractivity contribution is -0.167. The summed E-state index contributed by atoms with van der Waals surface area (Å²) in [6, 6.07) is 7.87. The number of hydrogen-bond donors (Lipinski definition) is 2. The standard InChI is InChI=1S/C31H38N4O4/c1-19-15-20(2)35-30(32-19)33-28(34-35)17-25-27(37)18-31(39-29(25)38,23-9-5-6-10-23)14-13-21-11-12-26(36)24(16-21)22-7-3-4-8-22/h11-12,15-16,22-23,36-37H,3-10,13-14,17-18H2,1-2H3. The molecule has 2 N–H and O–H groups in total. The average molecular weight is 531 g/mol. The number of phenolic OH excluding ortho intramolecular Hbond substituents is 1. The van der Waals surface area contributed by atoms with Gasteiger partial charge in [0.05, 0.1) is 5.57 Å². The Morgan fingerprint density at radius 3 is 2.51 bits per heavy atom. The van der Waals surface area contributed by atoms with Crippen LogP contribution in [0.2, 0.25) is 0 Å². The van der Waals surface area contributed by atoms with Gasteiger partial charge in [0.1, 0.15) is 17.1 Å². The van der Waals surface area contributed by atoms with E-state index in [1.165, 1.54) is 12.8 Å². The third-order valence-electron chi connectivity index (χ3n) is 9.18. The molecule has 8 nitrogen and oxygen atoms in total. The maximum Gasteiger partial charge on any atom is 0.338 e. The predicted octanol–water partition coefficient (Wildman–Crippen LogP) is 5.97. The number of aliphatic hydroxyl groups is 1. The molecule has 39 heavy (non-hydrogen) atoms. The molecule has 1 atom stereocenters. The van der Waals surface area contributed by atoms with Gasteiger partial charge in [0.15, 0.2) is 5.82 Å². The first-order valence-electron chi connectivity index (χ1n) is 14.5. The minimum absolute atomic E-state index is 0.0928. The number of phenols is 1. The van der Waals surface area contributed by atoms with Crippen LogP contribution >= 0.6 is 0 Å². The number of aromatic nitrogens is 4. The molecule has 8 heteroatoms. The van der Waals surface area contributed by atoms with Crippen molar-refractivity contribution in [2.24, 2.45) is 5.92 Å². The molecule has 2 aromatic heterocycles. The van der Waals surface area contributed by atoms with Crippen LogP contribution in [0.1, 0.15) is 98.5 Å². The molecule has 0 saturated heterocycles. The number of hydrogen-bond acceptors (Lipinski definition) is 7. The number of esters is 1. The van der Waals surface area contributed by atoms with Crippen LogP contribution in [-0.4, -0.2) is 41.4 Å². The zero-order valence-electron chi connectivity index (χ0n) is 22.9. The van der Waals surface area contributed by atoms with E-state index in [0.717, 1.165) is 67.5 Å². The molecular weight excluding hydrogens is 492 g/mol. The summed E-state index contributed by atoms with van der Waals surface area (Å²) < 4.78 is 7.98. The second-order valence-corrected chi connectivity index (χ2v) is 11.9. The molecule has 0 spiro atoms. The number of benzene rings is 1. The van der Waals surface area contributed by atoms with Crippen molar-refractivity contribution in [3.8, 4) is 5.75 Å². The summed E-state index contributed by atoms with van der Waals surface area (Å²) in [6.45, 7) is 3.84. The maximum absolute atomic E-state index is 13.5. The van der Waals surface area contributed by atoms with Crippen molar-refractivity contribution in [1.29, 1.82) is 0 Å². The molecule has 0 radical (unpaired) electrons. The number of nitrogens with zero attached hydrogens (tertiary/aromatic N) is 4. The highest BCUT2D eigenvalue weighted by Crippen LogP contribution is 2.46. The second-order valence-electron chi connectivity index (χ2n) is 11.9. The van der Waals surface area contributed by atoms with Crippen LogP contribution in [0.25, 0.3) is 5.78 Å². The van der Waals surface area contributed by atoms with Crippen molar-refractivity contribution in [3.63, 3.8) is 0 Å². The van der Waals surface area contributed by atoms with Crippen molar-refractivity contribution >= 4 is 11.7 Å². The van der Waals surface area contributed by atoms with Crippen LogP contribution in [0, 0.1) is 19.8 Å². The third kappa shape index (κ3) is 5.01. The zero-order chi connectivity index (χ0) is 27.1. The Morgan fingerprint density at radius 2 is 1.77 bits per heavy atom. The molecule has 3 aliphatic rings. The number of ether oxygens (including phenoxy) is 1. The summed E-state index contributed by atoms with van der Waals surface area (Å²) in [5.74, 6) is 1.57. The molecule has 1 unspecified atom stereocenters. The lowest BCUT2D eigenvalue weighted by Gasteiger charge is -2.41. The van der Waals surface area contributed by atoms with Crippen LogP contribution in [0.15, 0.2) is 35.6 Å². The van der Waals surface area contributed by atoms with Gasteiger partial charge in [-0.25, -0.2) is 14.3 Å². The summed E-state index contributed by atoms with van der Waals surface area (Å²) in [6.07, 6.45) is 10.7. The molecule has 1 aliphatic heterocycles. The summed E-state index contributed by atoms with van der Waals surface area (Å²) in [5.41, 5.74) is 3.46. The van der Waals surface area contributed by atoms with E-state index in [1.54, 1.807) is 4.52 Å². The van der Waals surface area contributed by atoms with Crippen molar-refractivity contribution in [3.05, 3.63) is 63.9 Å². The van der Waals surface area contributed by atoms with Gasteiger partial charge in [0.25, 0.3) is 5.78 Å². The Balaban J connectivity index is 1.25. The topological polar surface area (TPSA) is 110 Å². The number of cyclic esters (lactones) is 1. The van der Waals surface area contributed by atoms with Gasteiger partial charge in [-0.1, -0.05) is 37.8 Å². The molecule has 3 aromatic rings. The van der Waals surface area contributed by atoms with Crippen molar-refractivity contribution in [1.82, 2.24) is 19.6 Å². The number of carbonyl (C=O) groups excluding carboxylic acids is 1. The first-order chi connectivity index (χ1) is 18.8. The van der Waals surface area contributed by atoms with E-state index in [4.69, 9.17) is 4.74 Å². The van der Waals surface area contributed by atoms with Crippen LogP contribution in [0.3, 0.4) is 0 Å². The lowest BCUT2D eigenvalue weighted by atomic mass is 9.76. The van der Waals surface area contributed by atoms with E-state index in [9.17, 15) is 15.0 Å². The Hall–Kier alpha value is -3.42. The number of aryl methyl sites for hydroxylation is 3. The van der Waals surface area contributed by atoms with Gasteiger partial charge in [-0.3, -0.25) is 0 Å². The van der Waals surface area contributed by atoms with E-state index in [-0.39, 0.29) is 23.7 Å². The molecule has 2 saturated carbocycles. The molecule has 6 rings (SSSR count). The molecule has 3 heterocycles. The summed E-state index contributed by atoms with van der Waals surface area (Å²) >= 11 is 0. The van der Waals surface area contributed by atoms with Gasteiger partial charge < -0.3 is 14.9 Å². The smallest absolute Gasteiger partial charge is 0.338 e. The number of carbonyl (C=O) groups is 1. The Labute approximate surface area is 229 Å². The van der Waals surface area contributed by atoms with Crippen molar-refractivity contribution < 1.29 is 19.7 Å². The SMILES string of the molecule is Cc1cc(C)n2nc(CC3=C(O)CC(CCc4ccc(O)c(C5CCCC5)c4)(C4CCCC4)OC3=O)nc2n1. The van der Waals surface area contributed by atoms with Gasteiger partial charge >= 0.3 is 5.97 Å². The van der Waals surface area contributed by atoms with Crippen molar-refractivity contribution in [2.45, 2.75) is 102 Å². The highest BCUT2D eigenvalue weighted by atomic mass is 16.6. The van der Waals surface area contributed by atoms with E-state index in [0.29, 0.717) is 36.1 Å². The van der Waals surface area contributed by atoms with Gasteiger partial charge in [0.2, 0.25) is 0 Å². The van der Waals surface area contributed by atoms with Crippen LogP contribution in [0.5, 0.6) is 5.75 Å². The fraction of sp³-hybridized carbons (Fsp3) is 0.548. The normalized spacial score (nSPS) is 22.8. The molecule has 2 aliphatic carbocycles. The highest BCUT2D eigenvalue weighted by molar-refractivity contribution is 5.90. The quantitative estimate of drug-likeness (QED) is 0.362. The van der Waals surface area contributed by atoms with E-state index in [1.807, 2.05) is 32.0 Å². The van der Waals surface area contributed by atoms with Gasteiger partial charge in [-0.15, -0.1) is 5.10 Å². The minimum atomic E-state index is -0.728. The van der Waals surface area contributed by atoms with E-state index < -0.39 is 11.6 Å². The predicted molar refractivity (Wildman–Crippen MR) is 147 cm³/mol. The fourth-order valence-electron chi connectivity index (χ4n) is 7.11. The molecule has 2 fully saturated rings. The number of aliphatic hydroxyl groups excluding tert-OH is 1. The minimum Gasteiger partial charge on any atom is -0.512 e. The van der Waals surface area contributed by atoms with Crippen LogP contribution in [0.4, 0.5) is 0 Å². The summed E-state index contributed by atoms with van der Waals surface area (Å²) in [4.78, 5) is 22.4. The monoisotopic (exact) mass is 530 g/mol. The van der Waals surface area contributed by atoms with Gasteiger partial charge in [-0.2, -0.15) is 4.98 Å². The lowest BCUT2D eigenvalue weighted by Crippen LogP contribution is -2.46. The fourth-order valence-corrected chi connectivity index (χ4v) is 7.11. The Morgan fingerprint density at radius 1 is 1.03 bits per heavy atom. The molecule has 0 bridgehead atoms. The van der Waals surface area contributed by atoms with E-state index in [2.05, 4.69) is 21.1 Å². The number of rotatable bonds is 7. The first kappa shape index (κ1) is 25.8. The molecular formula is C31H38N4O4. The average Bonchev–Trinajstić information content (AvgIpc) is 3.68. The highest BCUT2D eigenvalue weighted by Gasteiger charge is 2.48. The summed E-state index contributed by atoms with van der Waals surface area (Å²) in [7, 11) is 0. The van der Waals surface area contributed by atoms with Gasteiger partial charge in [0, 0.05) is 24.2 Å². The third-order valence-corrected chi connectivity index (χ3v) is 9.18. The Bertz CT molecular complexity index is 1430. The van der Waals surface area contributed by atoms with Crippen molar-refractivity contribution in [2.75, 3.05) is 0 Å². The number of aromatic hydroxyl groups is 1. The molecule has 206 valence electrons. The van der Waals surface area contributed by atoms with Crippen LogP contribution < -0.4 is 0 Å². The second kappa shape index (κ2) is 10.3.